The fourth-order valence-electron chi connectivity index (χ4n) is 4.15. The van der Waals surface area contributed by atoms with E-state index in [9.17, 15) is 0 Å². The summed E-state index contributed by atoms with van der Waals surface area (Å²) in [5.74, 6) is 2.80. The van der Waals surface area contributed by atoms with Gasteiger partial charge in [0.05, 0.1) is 0 Å². The first-order chi connectivity index (χ1) is 13.3. The van der Waals surface area contributed by atoms with Gasteiger partial charge in [-0.2, -0.15) is 0 Å². The lowest BCUT2D eigenvalue weighted by Crippen LogP contribution is -2.33. The largest absolute Gasteiger partial charge is 0.544 e. The van der Waals surface area contributed by atoms with Crippen molar-refractivity contribution in [1.29, 1.82) is 0 Å². The molecule has 2 rings (SSSR count). The minimum atomic E-state index is -1.77. The Labute approximate surface area is 181 Å². The predicted octanol–water partition coefficient (Wildman–Crippen LogP) is 8.08. The third-order valence-corrected chi connectivity index (χ3v) is 6.91. The smallest absolute Gasteiger partial charge is 0.242 e. The number of rotatable bonds is 8. The number of benzene rings is 1. The third-order valence-electron chi connectivity index (χ3n) is 5.25. The highest BCUT2D eigenvalue weighted by atomic mass is 28.4. The van der Waals surface area contributed by atoms with Crippen LogP contribution in [0, 0.1) is 5.92 Å². The van der Waals surface area contributed by atoms with Crippen LogP contribution in [0.4, 0.5) is 0 Å². The monoisotopic (exact) mass is 430 g/mol. The van der Waals surface area contributed by atoms with E-state index in [0.29, 0.717) is 5.92 Å². The minimum absolute atomic E-state index is 0.273. The lowest BCUT2D eigenvalue weighted by molar-refractivity contribution is 0.448. The molecule has 0 saturated heterocycles. The van der Waals surface area contributed by atoms with Crippen LogP contribution in [0.25, 0.3) is 0 Å². The maximum Gasteiger partial charge on any atom is 0.242 e. The molecular weight excluding hydrogens is 388 g/mol. The molecule has 4 heteroatoms. The molecule has 1 aliphatic carbocycles. The number of allylic oxidation sites excluding steroid dienone is 3. The van der Waals surface area contributed by atoms with Crippen LogP contribution in [0.5, 0.6) is 11.5 Å². The summed E-state index contributed by atoms with van der Waals surface area (Å²) in [6, 6.07) is 4.59. The Morgan fingerprint density at radius 3 is 1.97 bits per heavy atom. The van der Waals surface area contributed by atoms with E-state index in [-0.39, 0.29) is 5.92 Å². The maximum absolute atomic E-state index is 6.71. The van der Waals surface area contributed by atoms with Crippen LogP contribution in [0.3, 0.4) is 0 Å². The van der Waals surface area contributed by atoms with Gasteiger partial charge in [-0.3, -0.25) is 0 Å². The molecule has 1 aromatic carbocycles. The average molecular weight is 431 g/mol. The lowest BCUT2D eigenvalue weighted by Gasteiger charge is -2.35. The van der Waals surface area contributed by atoms with Gasteiger partial charge < -0.3 is 8.85 Å². The van der Waals surface area contributed by atoms with Gasteiger partial charge in [0.15, 0.2) is 0 Å². The van der Waals surface area contributed by atoms with Crippen LogP contribution in [-0.4, -0.2) is 16.6 Å². The van der Waals surface area contributed by atoms with E-state index in [2.05, 4.69) is 84.8 Å². The second kappa shape index (κ2) is 9.26. The molecule has 0 saturated carbocycles. The van der Waals surface area contributed by atoms with Crippen LogP contribution in [-0.2, 0) is 6.42 Å². The quantitative estimate of drug-likeness (QED) is 0.306. The molecule has 162 valence electrons. The molecule has 0 amide bonds. The van der Waals surface area contributed by atoms with Gasteiger partial charge >= 0.3 is 0 Å². The summed E-state index contributed by atoms with van der Waals surface area (Å²) in [6.45, 7) is 24.6. The summed E-state index contributed by atoms with van der Waals surface area (Å²) in [4.78, 5) is 0. The second-order valence-electron chi connectivity index (χ2n) is 10.7. The molecule has 0 N–H and O–H groups in total. The standard InChI is InChI=1S/C25H42O2Si2/c1-11-12-20-16-23(26-28(5,6)7)25(24(17-20)27-29(8,9)10)22-15-19(4)13-14-21(22)18(2)3/h15-17,21-22H,2,11-14H2,1,3-10H3/t21-,22+/m0/s1. The molecule has 0 unspecified atom stereocenters. The highest BCUT2D eigenvalue weighted by molar-refractivity contribution is 6.71. The maximum atomic E-state index is 6.71. The van der Waals surface area contributed by atoms with Gasteiger partial charge in [-0.1, -0.05) is 37.1 Å². The Kier molecular flexibility index (Phi) is 7.66. The van der Waals surface area contributed by atoms with Gasteiger partial charge in [0.25, 0.3) is 0 Å². The van der Waals surface area contributed by atoms with Crippen molar-refractivity contribution in [3.8, 4) is 11.5 Å². The molecule has 0 aliphatic heterocycles. The van der Waals surface area contributed by atoms with Crippen molar-refractivity contribution in [3.63, 3.8) is 0 Å². The summed E-state index contributed by atoms with van der Waals surface area (Å²) >= 11 is 0. The molecule has 0 spiro atoms. The molecule has 0 aromatic heterocycles. The van der Waals surface area contributed by atoms with E-state index >= 15 is 0 Å². The fraction of sp³-hybridized carbons (Fsp3) is 0.600. The van der Waals surface area contributed by atoms with E-state index < -0.39 is 16.6 Å². The zero-order chi connectivity index (χ0) is 22.0. The van der Waals surface area contributed by atoms with Gasteiger partial charge in [-0.25, -0.2) is 0 Å². The SMILES string of the molecule is C=C(C)[C@@H]1CCC(C)=C[C@H]1c1c(O[Si](C)(C)C)cc(CCC)cc1O[Si](C)(C)C. The van der Waals surface area contributed by atoms with Crippen molar-refractivity contribution in [1.82, 2.24) is 0 Å². The highest BCUT2D eigenvalue weighted by Gasteiger charge is 2.33. The topological polar surface area (TPSA) is 18.5 Å². The first-order valence-electron chi connectivity index (χ1n) is 11.2. The number of hydrogen-bond acceptors (Lipinski definition) is 2. The summed E-state index contributed by atoms with van der Waals surface area (Å²) in [5.41, 5.74) is 5.29. The molecule has 0 bridgehead atoms. The highest BCUT2D eigenvalue weighted by Crippen LogP contribution is 2.48. The average Bonchev–Trinajstić information content (AvgIpc) is 2.51. The molecule has 0 radical (unpaired) electrons. The molecule has 0 heterocycles. The van der Waals surface area contributed by atoms with Crippen molar-refractivity contribution in [3.05, 3.63) is 47.1 Å². The van der Waals surface area contributed by atoms with Crippen molar-refractivity contribution >= 4 is 16.6 Å². The first kappa shape index (κ1) is 24.0. The van der Waals surface area contributed by atoms with E-state index in [1.54, 1.807) is 0 Å². The number of hydrogen-bond donors (Lipinski definition) is 0. The molecule has 1 aliphatic rings. The van der Waals surface area contributed by atoms with Crippen molar-refractivity contribution in [2.45, 2.75) is 91.7 Å². The molecule has 0 fully saturated rings. The Morgan fingerprint density at radius 2 is 1.55 bits per heavy atom. The van der Waals surface area contributed by atoms with E-state index in [1.807, 2.05) is 0 Å². The third kappa shape index (κ3) is 6.89. The lowest BCUT2D eigenvalue weighted by atomic mass is 9.73. The van der Waals surface area contributed by atoms with Crippen LogP contribution in [0.1, 0.15) is 57.1 Å². The van der Waals surface area contributed by atoms with E-state index in [0.717, 1.165) is 37.2 Å². The van der Waals surface area contributed by atoms with E-state index in [4.69, 9.17) is 8.85 Å². The van der Waals surface area contributed by atoms with Crippen LogP contribution in [0.2, 0.25) is 39.3 Å². The fourth-order valence-corrected chi connectivity index (χ4v) is 5.81. The number of aryl methyl sites for hydroxylation is 1. The first-order valence-corrected chi connectivity index (χ1v) is 18.0. The zero-order valence-corrected chi connectivity index (χ0v) is 22.2. The zero-order valence-electron chi connectivity index (χ0n) is 20.2. The Bertz CT molecular complexity index is 729. The van der Waals surface area contributed by atoms with Gasteiger partial charge in [0, 0.05) is 11.5 Å². The molecule has 29 heavy (non-hydrogen) atoms. The summed E-state index contributed by atoms with van der Waals surface area (Å²) < 4.78 is 13.4. The molecule has 2 atom stereocenters. The van der Waals surface area contributed by atoms with E-state index in [1.165, 1.54) is 22.3 Å². The molecular formula is C25H42O2Si2. The molecule has 2 nitrogen and oxygen atoms in total. The predicted molar refractivity (Wildman–Crippen MR) is 132 cm³/mol. The van der Waals surface area contributed by atoms with Crippen molar-refractivity contribution in [2.24, 2.45) is 5.92 Å². The van der Waals surface area contributed by atoms with Gasteiger partial charge in [0.2, 0.25) is 16.6 Å². The Morgan fingerprint density at radius 1 is 1.03 bits per heavy atom. The Balaban J connectivity index is 2.76. The van der Waals surface area contributed by atoms with Gasteiger partial charge in [0.1, 0.15) is 11.5 Å². The van der Waals surface area contributed by atoms with Gasteiger partial charge in [-0.05, 0) is 96.0 Å². The normalized spacial score (nSPS) is 20.2. The minimum Gasteiger partial charge on any atom is -0.544 e. The summed E-state index contributed by atoms with van der Waals surface area (Å²) in [7, 11) is -3.55. The van der Waals surface area contributed by atoms with Crippen LogP contribution >= 0.6 is 0 Å². The summed E-state index contributed by atoms with van der Waals surface area (Å²) in [5, 5.41) is 0. The van der Waals surface area contributed by atoms with Crippen molar-refractivity contribution < 1.29 is 8.85 Å². The van der Waals surface area contributed by atoms with Crippen LogP contribution < -0.4 is 8.85 Å². The summed E-state index contributed by atoms with van der Waals surface area (Å²) in [6.07, 6.45) is 6.92. The second-order valence-corrected chi connectivity index (χ2v) is 19.6. The van der Waals surface area contributed by atoms with Crippen LogP contribution in [0.15, 0.2) is 35.9 Å². The van der Waals surface area contributed by atoms with Gasteiger partial charge in [-0.15, -0.1) is 0 Å². The Hall–Kier alpha value is -1.27. The molecule has 1 aromatic rings. The van der Waals surface area contributed by atoms with Crippen molar-refractivity contribution in [2.75, 3.05) is 0 Å².